The summed E-state index contributed by atoms with van der Waals surface area (Å²) in [6, 6.07) is 1.98. The summed E-state index contributed by atoms with van der Waals surface area (Å²) in [4.78, 5) is 26.1. The molecule has 0 unspecified atom stereocenters. The Kier molecular flexibility index (Phi) is 5.04. The predicted octanol–water partition coefficient (Wildman–Crippen LogP) is 2.35. The number of carbonyl (C=O) groups excluding carboxylic acids is 2. The van der Waals surface area contributed by atoms with Crippen LogP contribution in [0, 0.1) is 12.8 Å². The summed E-state index contributed by atoms with van der Waals surface area (Å²) in [7, 11) is 0. The fraction of sp³-hybridized carbons (Fsp3) is 0.625. The van der Waals surface area contributed by atoms with Crippen molar-refractivity contribution in [1.82, 2.24) is 10.2 Å². The number of carbonyl (C=O) groups is 2. The zero-order valence-corrected chi connectivity index (χ0v) is 13.0. The van der Waals surface area contributed by atoms with Crippen LogP contribution in [0.25, 0.3) is 0 Å². The Bertz CT molecular complexity index is 503. The molecule has 0 radical (unpaired) electrons. The summed E-state index contributed by atoms with van der Waals surface area (Å²) >= 11 is 0. The summed E-state index contributed by atoms with van der Waals surface area (Å²) in [5, 5.41) is 2.89. The van der Waals surface area contributed by atoms with Crippen molar-refractivity contribution >= 4 is 11.8 Å². The third-order valence-corrected chi connectivity index (χ3v) is 3.62. The van der Waals surface area contributed by atoms with Crippen LogP contribution in [0.4, 0.5) is 0 Å². The van der Waals surface area contributed by atoms with Gasteiger partial charge in [0.05, 0.1) is 11.8 Å². The van der Waals surface area contributed by atoms with Crippen molar-refractivity contribution in [2.24, 2.45) is 5.92 Å². The SMILES string of the molecule is Cc1occc1C(=O)N(CCC(=O)NCC(C)C)C1CC1. The lowest BCUT2D eigenvalue weighted by Crippen LogP contribution is -2.37. The topological polar surface area (TPSA) is 62.6 Å². The van der Waals surface area contributed by atoms with Gasteiger partial charge in [-0.3, -0.25) is 9.59 Å². The van der Waals surface area contributed by atoms with E-state index in [-0.39, 0.29) is 17.9 Å². The molecule has 2 amide bonds. The van der Waals surface area contributed by atoms with Crippen LogP contribution in [-0.4, -0.2) is 35.8 Å². The maximum atomic E-state index is 12.5. The second-order valence-corrected chi connectivity index (χ2v) is 6.07. The molecule has 2 rings (SSSR count). The number of nitrogens with one attached hydrogen (secondary N) is 1. The molecule has 0 bridgehead atoms. The van der Waals surface area contributed by atoms with Crippen LogP contribution in [0.3, 0.4) is 0 Å². The smallest absolute Gasteiger partial charge is 0.257 e. The van der Waals surface area contributed by atoms with E-state index in [9.17, 15) is 9.59 Å². The lowest BCUT2D eigenvalue weighted by atomic mass is 10.2. The minimum Gasteiger partial charge on any atom is -0.469 e. The fourth-order valence-corrected chi connectivity index (χ4v) is 2.23. The average Bonchev–Trinajstić information content (AvgIpc) is 3.17. The number of furan rings is 1. The molecule has 0 atom stereocenters. The second kappa shape index (κ2) is 6.78. The van der Waals surface area contributed by atoms with E-state index >= 15 is 0 Å². The number of hydrogen-bond acceptors (Lipinski definition) is 3. The van der Waals surface area contributed by atoms with Crippen LogP contribution in [0.5, 0.6) is 0 Å². The van der Waals surface area contributed by atoms with E-state index in [2.05, 4.69) is 19.2 Å². The minimum absolute atomic E-state index is 0.00562. The van der Waals surface area contributed by atoms with E-state index in [0.29, 0.717) is 36.8 Å². The first-order valence-electron chi connectivity index (χ1n) is 7.60. The quantitative estimate of drug-likeness (QED) is 0.839. The predicted molar refractivity (Wildman–Crippen MR) is 80.0 cm³/mol. The molecular weight excluding hydrogens is 268 g/mol. The number of nitrogens with zero attached hydrogens (tertiary/aromatic N) is 1. The summed E-state index contributed by atoms with van der Waals surface area (Å²) in [6.07, 6.45) is 3.93. The highest BCUT2D eigenvalue weighted by atomic mass is 16.3. The van der Waals surface area contributed by atoms with Gasteiger partial charge in [-0.25, -0.2) is 0 Å². The fourth-order valence-electron chi connectivity index (χ4n) is 2.23. The van der Waals surface area contributed by atoms with Gasteiger partial charge in [0.1, 0.15) is 5.76 Å². The van der Waals surface area contributed by atoms with Gasteiger partial charge < -0.3 is 14.6 Å². The number of rotatable bonds is 7. The lowest BCUT2D eigenvalue weighted by molar-refractivity contribution is -0.121. The zero-order chi connectivity index (χ0) is 15.4. The highest BCUT2D eigenvalue weighted by Gasteiger charge is 2.34. The molecule has 5 heteroatoms. The highest BCUT2D eigenvalue weighted by Crippen LogP contribution is 2.29. The van der Waals surface area contributed by atoms with E-state index in [1.807, 2.05) is 4.90 Å². The van der Waals surface area contributed by atoms with Crippen molar-refractivity contribution in [2.45, 2.75) is 46.1 Å². The van der Waals surface area contributed by atoms with E-state index in [1.54, 1.807) is 13.0 Å². The van der Waals surface area contributed by atoms with Crippen LogP contribution in [0.1, 0.15) is 49.2 Å². The Morgan fingerprint density at radius 3 is 2.67 bits per heavy atom. The standard InChI is InChI=1S/C16H24N2O3/c1-11(2)10-17-15(19)6-8-18(13-4-5-13)16(20)14-7-9-21-12(14)3/h7,9,11,13H,4-6,8,10H2,1-3H3,(H,17,19). The van der Waals surface area contributed by atoms with Gasteiger partial charge in [-0.15, -0.1) is 0 Å². The normalized spacial score (nSPS) is 14.3. The largest absolute Gasteiger partial charge is 0.469 e. The molecule has 21 heavy (non-hydrogen) atoms. The Hall–Kier alpha value is -1.78. The van der Waals surface area contributed by atoms with E-state index in [0.717, 1.165) is 12.8 Å². The summed E-state index contributed by atoms with van der Waals surface area (Å²) in [5.41, 5.74) is 0.601. The van der Waals surface area contributed by atoms with Crippen molar-refractivity contribution in [1.29, 1.82) is 0 Å². The Morgan fingerprint density at radius 1 is 1.43 bits per heavy atom. The zero-order valence-electron chi connectivity index (χ0n) is 13.0. The molecule has 5 nitrogen and oxygen atoms in total. The first-order valence-corrected chi connectivity index (χ1v) is 7.60. The molecule has 0 aliphatic heterocycles. The van der Waals surface area contributed by atoms with E-state index in [4.69, 9.17) is 4.42 Å². The minimum atomic E-state index is -0.0274. The average molecular weight is 292 g/mol. The summed E-state index contributed by atoms with van der Waals surface area (Å²) < 4.78 is 5.20. The summed E-state index contributed by atoms with van der Waals surface area (Å²) in [6.45, 7) is 7.05. The molecule has 1 saturated carbocycles. The first kappa shape index (κ1) is 15.6. The van der Waals surface area contributed by atoms with Crippen LogP contribution in [0.2, 0.25) is 0 Å². The molecule has 1 aliphatic rings. The van der Waals surface area contributed by atoms with E-state index < -0.39 is 0 Å². The number of amides is 2. The molecule has 1 aliphatic carbocycles. The van der Waals surface area contributed by atoms with Crippen molar-refractivity contribution in [3.8, 4) is 0 Å². The van der Waals surface area contributed by atoms with Crippen molar-refractivity contribution < 1.29 is 14.0 Å². The van der Waals surface area contributed by atoms with Gasteiger partial charge >= 0.3 is 0 Å². The molecule has 1 fully saturated rings. The molecule has 1 N–H and O–H groups in total. The molecular formula is C16H24N2O3. The molecule has 1 heterocycles. The highest BCUT2D eigenvalue weighted by molar-refractivity contribution is 5.95. The monoisotopic (exact) mass is 292 g/mol. The van der Waals surface area contributed by atoms with Gasteiger partial charge in [-0.1, -0.05) is 13.8 Å². The van der Waals surface area contributed by atoms with Crippen molar-refractivity contribution in [2.75, 3.05) is 13.1 Å². The van der Waals surface area contributed by atoms with Gasteiger partial charge in [-0.2, -0.15) is 0 Å². The van der Waals surface area contributed by atoms with Crippen molar-refractivity contribution in [3.05, 3.63) is 23.7 Å². The van der Waals surface area contributed by atoms with E-state index in [1.165, 1.54) is 6.26 Å². The Labute approximate surface area is 125 Å². The van der Waals surface area contributed by atoms with Gasteiger partial charge in [0.25, 0.3) is 5.91 Å². The summed E-state index contributed by atoms with van der Waals surface area (Å²) in [5.74, 6) is 1.05. The molecule has 0 aromatic carbocycles. The van der Waals surface area contributed by atoms with Crippen LogP contribution >= 0.6 is 0 Å². The third-order valence-electron chi connectivity index (χ3n) is 3.62. The molecule has 0 saturated heterocycles. The molecule has 0 spiro atoms. The molecule has 116 valence electrons. The van der Waals surface area contributed by atoms with Gasteiger partial charge in [0.2, 0.25) is 5.91 Å². The second-order valence-electron chi connectivity index (χ2n) is 6.07. The maximum absolute atomic E-state index is 12.5. The lowest BCUT2D eigenvalue weighted by Gasteiger charge is -2.22. The number of aryl methyl sites for hydroxylation is 1. The Balaban J connectivity index is 1.90. The maximum Gasteiger partial charge on any atom is 0.257 e. The Morgan fingerprint density at radius 2 is 2.14 bits per heavy atom. The molecule has 1 aromatic rings. The van der Waals surface area contributed by atoms with Crippen molar-refractivity contribution in [3.63, 3.8) is 0 Å². The molecule has 1 aromatic heterocycles. The van der Waals surface area contributed by atoms with Crippen LogP contribution in [-0.2, 0) is 4.79 Å². The van der Waals surface area contributed by atoms with Gasteiger partial charge in [0, 0.05) is 25.6 Å². The first-order chi connectivity index (χ1) is 9.99. The number of hydrogen-bond donors (Lipinski definition) is 1. The van der Waals surface area contributed by atoms with Gasteiger partial charge in [0.15, 0.2) is 0 Å². The van der Waals surface area contributed by atoms with Crippen LogP contribution in [0.15, 0.2) is 16.7 Å². The van der Waals surface area contributed by atoms with Gasteiger partial charge in [-0.05, 0) is 31.7 Å². The third kappa shape index (κ3) is 4.34. The van der Waals surface area contributed by atoms with Crippen LogP contribution < -0.4 is 5.32 Å².